The van der Waals surface area contributed by atoms with Crippen LogP contribution in [-0.4, -0.2) is 76.2 Å². The highest BCUT2D eigenvalue weighted by molar-refractivity contribution is 8.00. The van der Waals surface area contributed by atoms with Crippen molar-refractivity contribution in [1.29, 1.82) is 0 Å². The average Bonchev–Trinajstić information content (AvgIpc) is 2.97. The van der Waals surface area contributed by atoms with Gasteiger partial charge in [-0.1, -0.05) is 0 Å². The highest BCUT2D eigenvalue weighted by Crippen LogP contribution is 2.41. The Morgan fingerprint density at radius 3 is 2.42 bits per heavy atom. The fourth-order valence-corrected chi connectivity index (χ4v) is 4.46. The first kappa shape index (κ1) is 23.1. The molecule has 2 saturated heterocycles. The molecular weight excluding hydrogens is 460 g/mol. The van der Waals surface area contributed by atoms with Crippen molar-refractivity contribution in [2.24, 2.45) is 5.73 Å². The van der Waals surface area contributed by atoms with Crippen LogP contribution in [0.5, 0.6) is 0 Å². The lowest BCUT2D eigenvalue weighted by atomic mass is 10.0. The van der Waals surface area contributed by atoms with Crippen molar-refractivity contribution in [3.8, 4) is 0 Å². The van der Waals surface area contributed by atoms with Gasteiger partial charge in [0, 0.05) is 17.9 Å². The molecule has 0 saturated carbocycles. The minimum atomic E-state index is -5.48. The predicted octanol–water partition coefficient (Wildman–Crippen LogP) is 0.836. The third-order valence-corrected chi connectivity index (χ3v) is 5.90. The summed E-state index contributed by atoms with van der Waals surface area (Å²) in [7, 11) is 0. The van der Waals surface area contributed by atoms with Crippen LogP contribution in [0.1, 0.15) is 6.42 Å². The summed E-state index contributed by atoms with van der Waals surface area (Å²) in [4.78, 5) is 48.9. The second-order valence-corrected chi connectivity index (χ2v) is 7.85. The maximum Gasteiger partial charge on any atom is 0.491 e. The molecule has 8 nitrogen and oxygen atoms in total. The average molecular weight is 473 g/mol. The van der Waals surface area contributed by atoms with Crippen molar-refractivity contribution >= 4 is 35.5 Å². The molecular formula is C16H13F6N3O5S. The van der Waals surface area contributed by atoms with E-state index in [4.69, 9.17) is 5.73 Å². The van der Waals surface area contributed by atoms with Gasteiger partial charge in [-0.05, 0) is 18.1 Å². The number of thioether (sulfide) groups is 1. The number of β-lactam (4-membered cyclic amide) rings is 1. The first-order valence-electron chi connectivity index (χ1n) is 8.54. The molecule has 0 unspecified atom stereocenters. The van der Waals surface area contributed by atoms with Crippen LogP contribution in [0, 0.1) is 0 Å². The first-order valence-corrected chi connectivity index (χ1v) is 9.59. The minimum Gasteiger partial charge on any atom is -0.382 e. The van der Waals surface area contributed by atoms with Gasteiger partial charge in [0.05, 0.1) is 0 Å². The van der Waals surface area contributed by atoms with Crippen LogP contribution >= 0.6 is 11.8 Å². The second kappa shape index (κ2) is 7.85. The summed E-state index contributed by atoms with van der Waals surface area (Å²) in [5.74, 6) is -6.49. The van der Waals surface area contributed by atoms with Crippen LogP contribution in [0.25, 0.3) is 0 Å². The maximum absolute atomic E-state index is 12.6. The maximum atomic E-state index is 12.6. The fraction of sp³-hybridized carbons (Fsp3) is 0.500. The van der Waals surface area contributed by atoms with Gasteiger partial charge in [0.15, 0.2) is 0 Å². The van der Waals surface area contributed by atoms with Gasteiger partial charge in [-0.3, -0.25) is 14.5 Å². The van der Waals surface area contributed by atoms with Crippen LogP contribution in [0.2, 0.25) is 0 Å². The summed E-state index contributed by atoms with van der Waals surface area (Å²) >= 11 is 1.03. The number of hydrogen-bond donors (Lipinski definition) is 1. The van der Waals surface area contributed by atoms with E-state index >= 15 is 0 Å². The number of nitrogens with zero attached hydrogens (tertiary/aromatic N) is 2. The van der Waals surface area contributed by atoms with Crippen LogP contribution < -0.4 is 5.73 Å². The lowest BCUT2D eigenvalue weighted by Gasteiger charge is -2.48. The van der Waals surface area contributed by atoms with Gasteiger partial charge in [0.2, 0.25) is 11.8 Å². The van der Waals surface area contributed by atoms with E-state index in [9.17, 15) is 45.5 Å². The Hall–Kier alpha value is -2.55. The number of fused-ring (bicyclic) bond motifs is 1. The summed E-state index contributed by atoms with van der Waals surface area (Å²) in [5.41, 5.74) is 4.62. The Kier molecular flexibility index (Phi) is 5.86. The van der Waals surface area contributed by atoms with Gasteiger partial charge >= 0.3 is 24.3 Å². The first-order chi connectivity index (χ1) is 14.2. The molecule has 3 heterocycles. The number of esters is 2. The molecule has 2 amide bonds. The third-order valence-electron chi connectivity index (χ3n) is 4.58. The standard InChI is InChI=1S/C16H13F6N3O5S/c17-15(18,19)5-24-2-1-6(10(24)26)3-7-4-31-12-8(23)11(27)25(12)9(7)13(28)30-14(29)16(20,21)22/h3,8,12H,1-2,4-5,23H2/b6-3+/t8-,12-/m1/s1. The summed E-state index contributed by atoms with van der Waals surface area (Å²) < 4.78 is 78.9. The van der Waals surface area contributed by atoms with Gasteiger partial charge in [0.25, 0.3) is 0 Å². The molecule has 3 aliphatic rings. The monoisotopic (exact) mass is 473 g/mol. The van der Waals surface area contributed by atoms with E-state index in [1.165, 1.54) is 0 Å². The van der Waals surface area contributed by atoms with Crippen molar-refractivity contribution in [2.45, 2.75) is 30.2 Å². The van der Waals surface area contributed by atoms with Crippen molar-refractivity contribution in [3.05, 3.63) is 22.9 Å². The van der Waals surface area contributed by atoms with Gasteiger partial charge in [0.1, 0.15) is 23.7 Å². The van der Waals surface area contributed by atoms with Gasteiger partial charge in [-0.2, -0.15) is 26.3 Å². The van der Waals surface area contributed by atoms with Crippen LogP contribution in [0.3, 0.4) is 0 Å². The van der Waals surface area contributed by atoms with E-state index in [2.05, 4.69) is 4.74 Å². The second-order valence-electron chi connectivity index (χ2n) is 6.75. The van der Waals surface area contributed by atoms with E-state index in [0.29, 0.717) is 4.90 Å². The molecule has 170 valence electrons. The number of nitrogens with two attached hydrogens (primary N) is 1. The topological polar surface area (TPSA) is 110 Å². The van der Waals surface area contributed by atoms with Gasteiger partial charge < -0.3 is 15.4 Å². The number of amides is 2. The molecule has 0 radical (unpaired) electrons. The highest BCUT2D eigenvalue weighted by Gasteiger charge is 2.53. The van der Waals surface area contributed by atoms with E-state index in [0.717, 1.165) is 22.7 Å². The molecule has 2 N–H and O–H groups in total. The van der Waals surface area contributed by atoms with E-state index in [1.54, 1.807) is 0 Å². The number of carbonyl (C=O) groups is 4. The summed E-state index contributed by atoms with van der Waals surface area (Å²) in [6.07, 6.45) is -9.20. The molecule has 3 rings (SSSR count). The summed E-state index contributed by atoms with van der Waals surface area (Å²) in [5, 5.41) is -0.806. The molecule has 0 aliphatic carbocycles. The van der Waals surface area contributed by atoms with Crippen molar-refractivity contribution in [3.63, 3.8) is 0 Å². The zero-order valence-corrected chi connectivity index (χ0v) is 16.1. The summed E-state index contributed by atoms with van der Waals surface area (Å²) in [6, 6.07) is -1.05. The number of allylic oxidation sites excluding steroid dienone is 1. The lowest BCUT2D eigenvalue weighted by molar-refractivity contribution is -0.201. The normalized spacial score (nSPS) is 25.7. The zero-order valence-electron chi connectivity index (χ0n) is 15.2. The molecule has 2 atom stereocenters. The molecule has 31 heavy (non-hydrogen) atoms. The van der Waals surface area contributed by atoms with E-state index < -0.39 is 59.8 Å². The van der Waals surface area contributed by atoms with E-state index in [1.807, 2.05) is 0 Å². The summed E-state index contributed by atoms with van der Waals surface area (Å²) in [6.45, 7) is -1.75. The Labute approximate surface area is 174 Å². The van der Waals surface area contributed by atoms with Crippen molar-refractivity contribution < 1.29 is 50.3 Å². The molecule has 2 fully saturated rings. The molecule has 0 spiro atoms. The van der Waals surface area contributed by atoms with Crippen molar-refractivity contribution in [1.82, 2.24) is 9.80 Å². The van der Waals surface area contributed by atoms with E-state index in [-0.39, 0.29) is 29.9 Å². The highest BCUT2D eigenvalue weighted by atomic mass is 32.2. The van der Waals surface area contributed by atoms with Gasteiger partial charge in [-0.15, -0.1) is 11.8 Å². The Bertz CT molecular complexity index is 912. The number of likely N-dealkylation sites (tertiary alicyclic amines) is 1. The Morgan fingerprint density at radius 2 is 1.84 bits per heavy atom. The number of halogens is 6. The third kappa shape index (κ3) is 4.56. The van der Waals surface area contributed by atoms with Crippen LogP contribution in [0.4, 0.5) is 26.3 Å². The largest absolute Gasteiger partial charge is 0.491 e. The Morgan fingerprint density at radius 1 is 1.19 bits per heavy atom. The number of hydrogen-bond acceptors (Lipinski definition) is 7. The number of rotatable bonds is 3. The molecule has 0 aromatic carbocycles. The number of alkyl halides is 6. The quantitative estimate of drug-likeness (QED) is 0.213. The molecule has 3 aliphatic heterocycles. The smallest absolute Gasteiger partial charge is 0.382 e. The molecule has 15 heteroatoms. The van der Waals surface area contributed by atoms with Crippen LogP contribution in [0.15, 0.2) is 22.9 Å². The van der Waals surface area contributed by atoms with Crippen molar-refractivity contribution in [2.75, 3.05) is 18.8 Å². The predicted molar refractivity (Wildman–Crippen MR) is 90.6 cm³/mol. The Balaban J connectivity index is 1.93. The fourth-order valence-electron chi connectivity index (χ4n) is 3.21. The minimum absolute atomic E-state index is 0.108. The lowest BCUT2D eigenvalue weighted by Crippen LogP contribution is -2.68. The van der Waals surface area contributed by atoms with Crippen LogP contribution in [-0.2, 0) is 23.9 Å². The zero-order chi connectivity index (χ0) is 23.3. The SMILES string of the molecule is N[C@@H]1C(=O)N2C(C(=O)OC(=O)C(F)(F)F)=C(/C=C3\CCN(CC(F)(F)F)C3=O)CS[C@H]12. The van der Waals surface area contributed by atoms with Gasteiger partial charge in [-0.25, -0.2) is 9.59 Å². The molecule has 0 bridgehead atoms. The molecule has 0 aromatic rings. The number of ether oxygens (including phenoxy) is 1. The molecule has 0 aromatic heterocycles. The number of carbonyl (C=O) groups excluding carboxylic acids is 4.